The molecule has 27 heavy (non-hydrogen) atoms. The molecule has 0 spiro atoms. The zero-order chi connectivity index (χ0) is 19.2. The lowest BCUT2D eigenvalue weighted by Crippen LogP contribution is -2.40. The number of hydrogen-bond donors (Lipinski definition) is 1. The summed E-state index contributed by atoms with van der Waals surface area (Å²) in [6, 6.07) is 8.84. The number of rotatable bonds is 6. The fraction of sp³-hybridized carbons (Fsp3) is 0.524. The van der Waals surface area contributed by atoms with Crippen LogP contribution in [-0.2, 0) is 17.7 Å². The SMILES string of the molecule is CN=C(NCC1CCCc2ccccc21)N(C)Cc1csc(C(C)OC)n1. The molecule has 0 saturated carbocycles. The maximum atomic E-state index is 5.36. The Morgan fingerprint density at radius 2 is 2.26 bits per heavy atom. The van der Waals surface area contributed by atoms with E-state index < -0.39 is 0 Å². The highest BCUT2D eigenvalue weighted by Crippen LogP contribution is 2.30. The number of guanidine groups is 1. The van der Waals surface area contributed by atoms with E-state index in [-0.39, 0.29) is 6.10 Å². The summed E-state index contributed by atoms with van der Waals surface area (Å²) in [5, 5.41) is 6.69. The molecule has 0 saturated heterocycles. The minimum Gasteiger partial charge on any atom is -0.375 e. The number of aryl methyl sites for hydroxylation is 1. The van der Waals surface area contributed by atoms with Crippen molar-refractivity contribution in [1.82, 2.24) is 15.2 Å². The van der Waals surface area contributed by atoms with E-state index in [1.165, 1.54) is 30.4 Å². The van der Waals surface area contributed by atoms with Crippen molar-refractivity contribution >= 4 is 17.3 Å². The van der Waals surface area contributed by atoms with E-state index in [0.29, 0.717) is 5.92 Å². The number of aliphatic imine (C=N–C) groups is 1. The molecule has 1 heterocycles. The second-order valence-corrected chi connectivity index (χ2v) is 8.02. The molecule has 0 fully saturated rings. The molecule has 1 aromatic carbocycles. The standard InChI is InChI=1S/C21H30N4OS/c1-15(26-4)20-24-18(14-27-20)13-25(3)21(22-2)23-12-17-10-7-9-16-8-5-6-11-19(16)17/h5-6,8,11,14-15,17H,7,9-10,12-13H2,1-4H3,(H,22,23). The van der Waals surface area contributed by atoms with Crippen molar-refractivity contribution in [1.29, 1.82) is 0 Å². The van der Waals surface area contributed by atoms with Gasteiger partial charge in [0.1, 0.15) is 11.1 Å². The van der Waals surface area contributed by atoms with Crippen LogP contribution in [-0.4, -0.2) is 43.6 Å². The molecule has 0 amide bonds. The fourth-order valence-corrected chi connectivity index (χ4v) is 4.51. The van der Waals surface area contributed by atoms with Crippen molar-refractivity contribution < 1.29 is 4.74 Å². The molecule has 1 aliphatic rings. The number of thiazole rings is 1. The Balaban J connectivity index is 1.58. The second-order valence-electron chi connectivity index (χ2n) is 7.13. The molecular weight excluding hydrogens is 356 g/mol. The lowest BCUT2D eigenvalue weighted by atomic mass is 9.83. The predicted molar refractivity (Wildman–Crippen MR) is 112 cm³/mol. The Morgan fingerprint density at radius 3 is 3.04 bits per heavy atom. The van der Waals surface area contributed by atoms with Crippen molar-refractivity contribution in [3.8, 4) is 0 Å². The topological polar surface area (TPSA) is 49.8 Å². The first-order chi connectivity index (χ1) is 13.1. The van der Waals surface area contributed by atoms with Crippen LogP contribution in [0.5, 0.6) is 0 Å². The molecule has 2 unspecified atom stereocenters. The van der Waals surface area contributed by atoms with Crippen LogP contribution in [0.25, 0.3) is 0 Å². The molecule has 6 heteroatoms. The molecule has 2 atom stereocenters. The normalized spacial score (nSPS) is 18.1. The summed E-state index contributed by atoms with van der Waals surface area (Å²) >= 11 is 1.65. The quantitative estimate of drug-likeness (QED) is 0.603. The fourth-order valence-electron chi connectivity index (χ4n) is 3.67. The van der Waals surface area contributed by atoms with Crippen molar-refractivity contribution in [3.63, 3.8) is 0 Å². The number of ether oxygens (including phenoxy) is 1. The van der Waals surface area contributed by atoms with Gasteiger partial charge in [-0.2, -0.15) is 0 Å². The van der Waals surface area contributed by atoms with Gasteiger partial charge in [0.15, 0.2) is 5.96 Å². The second kappa shape index (κ2) is 9.33. The average Bonchev–Trinajstić information content (AvgIpc) is 3.16. The Kier molecular flexibility index (Phi) is 6.85. The number of aromatic nitrogens is 1. The van der Waals surface area contributed by atoms with Gasteiger partial charge in [0.2, 0.25) is 0 Å². The summed E-state index contributed by atoms with van der Waals surface area (Å²) in [5.74, 6) is 1.46. The molecule has 1 aliphatic carbocycles. The van der Waals surface area contributed by atoms with Crippen molar-refractivity contribution in [3.05, 3.63) is 51.5 Å². The lowest BCUT2D eigenvalue weighted by Gasteiger charge is -2.28. The third kappa shape index (κ3) is 4.87. The number of methoxy groups -OCH3 is 1. The third-order valence-electron chi connectivity index (χ3n) is 5.24. The zero-order valence-corrected chi connectivity index (χ0v) is 17.6. The summed E-state index contributed by atoms with van der Waals surface area (Å²) in [6.45, 7) is 3.67. The number of fused-ring (bicyclic) bond motifs is 1. The summed E-state index contributed by atoms with van der Waals surface area (Å²) in [5.41, 5.74) is 4.04. The van der Waals surface area contributed by atoms with Crippen molar-refractivity contribution in [2.75, 3.05) is 27.7 Å². The van der Waals surface area contributed by atoms with Crippen molar-refractivity contribution in [2.45, 2.75) is 44.8 Å². The Bertz CT molecular complexity index is 773. The highest BCUT2D eigenvalue weighted by Gasteiger charge is 2.20. The van der Waals surface area contributed by atoms with Gasteiger partial charge in [-0.15, -0.1) is 11.3 Å². The molecule has 3 rings (SSSR count). The largest absolute Gasteiger partial charge is 0.375 e. The predicted octanol–water partition coefficient (Wildman–Crippen LogP) is 3.98. The van der Waals surface area contributed by atoms with Gasteiger partial charge in [0.25, 0.3) is 0 Å². The number of benzene rings is 1. The Hall–Kier alpha value is -1.92. The van der Waals surface area contributed by atoms with Crippen LogP contribution in [0.3, 0.4) is 0 Å². The first kappa shape index (κ1) is 19.8. The van der Waals surface area contributed by atoms with Crippen LogP contribution >= 0.6 is 11.3 Å². The van der Waals surface area contributed by atoms with Gasteiger partial charge in [0, 0.05) is 39.0 Å². The van der Waals surface area contributed by atoms with E-state index in [0.717, 1.165) is 29.8 Å². The summed E-state index contributed by atoms with van der Waals surface area (Å²) < 4.78 is 5.36. The molecule has 0 bridgehead atoms. The molecule has 0 radical (unpaired) electrons. The third-order valence-corrected chi connectivity index (χ3v) is 6.30. The van der Waals surface area contributed by atoms with Gasteiger partial charge in [-0.3, -0.25) is 4.99 Å². The molecular formula is C21H30N4OS. The molecule has 2 aromatic rings. The van der Waals surface area contributed by atoms with Crippen LogP contribution in [0.1, 0.15) is 53.6 Å². The molecule has 0 aliphatic heterocycles. The Labute approximate surface area is 166 Å². The summed E-state index contributed by atoms with van der Waals surface area (Å²) in [7, 11) is 5.61. The molecule has 1 N–H and O–H groups in total. The first-order valence-electron chi connectivity index (χ1n) is 9.59. The highest BCUT2D eigenvalue weighted by molar-refractivity contribution is 7.09. The maximum absolute atomic E-state index is 5.36. The lowest BCUT2D eigenvalue weighted by molar-refractivity contribution is 0.119. The van der Waals surface area contributed by atoms with Gasteiger partial charge in [-0.1, -0.05) is 24.3 Å². The van der Waals surface area contributed by atoms with Gasteiger partial charge in [-0.05, 0) is 37.3 Å². The van der Waals surface area contributed by atoms with Gasteiger partial charge in [0.05, 0.1) is 12.2 Å². The van der Waals surface area contributed by atoms with E-state index in [4.69, 9.17) is 4.74 Å². The van der Waals surface area contributed by atoms with Crippen LogP contribution in [0, 0.1) is 0 Å². The molecule has 146 valence electrons. The van der Waals surface area contributed by atoms with Gasteiger partial charge >= 0.3 is 0 Å². The maximum Gasteiger partial charge on any atom is 0.193 e. The van der Waals surface area contributed by atoms with E-state index in [1.54, 1.807) is 18.4 Å². The van der Waals surface area contributed by atoms with E-state index >= 15 is 0 Å². The van der Waals surface area contributed by atoms with E-state index in [1.807, 2.05) is 14.0 Å². The molecule has 5 nitrogen and oxygen atoms in total. The van der Waals surface area contributed by atoms with E-state index in [2.05, 4.69) is 56.9 Å². The van der Waals surface area contributed by atoms with Crippen LogP contribution < -0.4 is 5.32 Å². The van der Waals surface area contributed by atoms with Crippen LogP contribution in [0.15, 0.2) is 34.6 Å². The van der Waals surface area contributed by atoms with Crippen LogP contribution in [0.4, 0.5) is 0 Å². The summed E-state index contributed by atoms with van der Waals surface area (Å²) in [4.78, 5) is 11.3. The van der Waals surface area contributed by atoms with E-state index in [9.17, 15) is 0 Å². The summed E-state index contributed by atoms with van der Waals surface area (Å²) in [6.07, 6.45) is 3.73. The van der Waals surface area contributed by atoms with Crippen LogP contribution in [0.2, 0.25) is 0 Å². The first-order valence-corrected chi connectivity index (χ1v) is 10.5. The minimum absolute atomic E-state index is 0.0397. The Morgan fingerprint density at radius 1 is 1.44 bits per heavy atom. The smallest absolute Gasteiger partial charge is 0.193 e. The monoisotopic (exact) mass is 386 g/mol. The number of hydrogen-bond acceptors (Lipinski definition) is 4. The molecule has 1 aromatic heterocycles. The number of nitrogens with zero attached hydrogens (tertiary/aromatic N) is 3. The average molecular weight is 387 g/mol. The van der Waals surface area contributed by atoms with Gasteiger partial charge in [-0.25, -0.2) is 4.98 Å². The number of nitrogens with one attached hydrogen (secondary N) is 1. The zero-order valence-electron chi connectivity index (χ0n) is 16.7. The highest BCUT2D eigenvalue weighted by atomic mass is 32.1. The van der Waals surface area contributed by atoms with Gasteiger partial charge < -0.3 is 15.0 Å². The van der Waals surface area contributed by atoms with Crippen molar-refractivity contribution in [2.24, 2.45) is 4.99 Å². The minimum atomic E-state index is 0.0397.